The van der Waals surface area contributed by atoms with Crippen LogP contribution in [0.5, 0.6) is 0 Å². The largest absolute Gasteiger partial charge is 0.396 e. The van der Waals surface area contributed by atoms with E-state index in [9.17, 15) is 18.7 Å². The number of Topliss-reactive ketones (excluding diaryl/α,β-unsaturated/α-hetero) is 1. The molecule has 0 saturated heterocycles. The number of aliphatic hydroxyl groups is 1. The normalized spacial score (nSPS) is 27.4. The van der Waals surface area contributed by atoms with E-state index in [1.807, 2.05) is 12.2 Å². The average molecular weight is 545 g/mol. The predicted octanol–water partition coefficient (Wildman–Crippen LogP) is 8.82. The first kappa shape index (κ1) is 28.7. The second-order valence-electron chi connectivity index (χ2n) is 13.4. The molecule has 2 nitrogen and oxygen atoms in total. The average Bonchev–Trinajstić information content (AvgIpc) is 2.95. The van der Waals surface area contributed by atoms with E-state index in [4.69, 9.17) is 0 Å². The number of halogens is 2. The van der Waals surface area contributed by atoms with Crippen molar-refractivity contribution in [2.75, 3.05) is 6.61 Å². The van der Waals surface area contributed by atoms with E-state index in [0.717, 1.165) is 28.7 Å². The zero-order valence-corrected chi connectivity index (χ0v) is 24.2. The smallest absolute Gasteiger partial charge is 0.185 e. The van der Waals surface area contributed by atoms with Gasteiger partial charge in [-0.25, -0.2) is 8.78 Å². The second kappa shape index (κ2) is 11.2. The van der Waals surface area contributed by atoms with Gasteiger partial charge in [0.1, 0.15) is 11.6 Å². The summed E-state index contributed by atoms with van der Waals surface area (Å²) in [6, 6.07) is 12.6. The van der Waals surface area contributed by atoms with Crippen LogP contribution >= 0.6 is 0 Å². The molecular formula is C36H42F2O2. The zero-order chi connectivity index (χ0) is 28.7. The van der Waals surface area contributed by atoms with Gasteiger partial charge in [-0.2, -0.15) is 0 Å². The van der Waals surface area contributed by atoms with E-state index >= 15 is 0 Å². The maximum Gasteiger partial charge on any atom is 0.185 e. The SMILES string of the molecule is CC1(C)C=C(C(C2CCC2)C2CC/C(=C\c3ccc(F)cc3)C(=O)/C(=C/c3ccc(F)cc3)C2)C(C)(C)C1CO. The third-order valence-electron chi connectivity index (χ3n) is 10.0. The van der Waals surface area contributed by atoms with Gasteiger partial charge in [0, 0.05) is 17.8 Å². The highest BCUT2D eigenvalue weighted by atomic mass is 19.1. The van der Waals surface area contributed by atoms with Crippen LogP contribution in [0, 0.1) is 46.1 Å². The highest BCUT2D eigenvalue weighted by molar-refractivity contribution is 6.13. The Hall–Kier alpha value is -2.85. The minimum absolute atomic E-state index is 0.0248. The van der Waals surface area contributed by atoms with Gasteiger partial charge in [0.2, 0.25) is 0 Å². The van der Waals surface area contributed by atoms with Gasteiger partial charge >= 0.3 is 0 Å². The first-order valence-corrected chi connectivity index (χ1v) is 14.8. The van der Waals surface area contributed by atoms with Gasteiger partial charge in [-0.3, -0.25) is 4.79 Å². The lowest BCUT2D eigenvalue weighted by Gasteiger charge is -2.45. The van der Waals surface area contributed by atoms with Crippen LogP contribution in [-0.2, 0) is 4.79 Å². The minimum Gasteiger partial charge on any atom is -0.396 e. The molecule has 3 aliphatic rings. The lowest BCUT2D eigenvalue weighted by molar-refractivity contribution is -0.112. The summed E-state index contributed by atoms with van der Waals surface area (Å²) in [6.45, 7) is 9.20. The van der Waals surface area contributed by atoms with Crippen molar-refractivity contribution in [3.63, 3.8) is 0 Å². The molecule has 2 saturated carbocycles. The fourth-order valence-corrected chi connectivity index (χ4v) is 7.73. The van der Waals surface area contributed by atoms with Gasteiger partial charge in [-0.1, -0.05) is 70.0 Å². The van der Waals surface area contributed by atoms with E-state index < -0.39 is 0 Å². The molecule has 0 aromatic heterocycles. The summed E-state index contributed by atoms with van der Waals surface area (Å²) < 4.78 is 27.2. The van der Waals surface area contributed by atoms with Crippen LogP contribution in [0.25, 0.3) is 12.2 Å². The number of carbonyl (C=O) groups excluding carboxylic acids is 1. The fraction of sp³-hybridized carbons (Fsp3) is 0.472. The molecule has 1 N–H and O–H groups in total. The third-order valence-corrected chi connectivity index (χ3v) is 10.0. The molecule has 3 unspecified atom stereocenters. The zero-order valence-electron chi connectivity index (χ0n) is 24.2. The van der Waals surface area contributed by atoms with Gasteiger partial charge in [0.25, 0.3) is 0 Å². The van der Waals surface area contributed by atoms with Crippen LogP contribution in [0.3, 0.4) is 0 Å². The van der Waals surface area contributed by atoms with Crippen molar-refractivity contribution in [2.24, 2.45) is 34.5 Å². The van der Waals surface area contributed by atoms with Crippen molar-refractivity contribution < 1.29 is 18.7 Å². The first-order valence-electron chi connectivity index (χ1n) is 14.8. The molecule has 0 aliphatic heterocycles. The van der Waals surface area contributed by atoms with Crippen molar-refractivity contribution >= 4 is 17.9 Å². The van der Waals surface area contributed by atoms with Gasteiger partial charge < -0.3 is 5.11 Å². The number of aliphatic hydroxyl groups excluding tert-OH is 1. The molecule has 0 radical (unpaired) electrons. The maximum absolute atomic E-state index is 14.0. The Labute approximate surface area is 237 Å². The van der Waals surface area contributed by atoms with Crippen LogP contribution in [0.4, 0.5) is 8.78 Å². The molecule has 0 amide bonds. The van der Waals surface area contributed by atoms with Crippen molar-refractivity contribution in [3.8, 4) is 0 Å². The Morgan fingerprint density at radius 2 is 1.40 bits per heavy atom. The molecule has 212 valence electrons. The highest BCUT2D eigenvalue weighted by Crippen LogP contribution is 2.60. The fourth-order valence-electron chi connectivity index (χ4n) is 7.73. The summed E-state index contributed by atoms with van der Waals surface area (Å²) >= 11 is 0. The quantitative estimate of drug-likeness (QED) is 0.224. The number of carbonyl (C=O) groups is 1. The number of benzene rings is 2. The lowest BCUT2D eigenvalue weighted by Crippen LogP contribution is -2.38. The van der Waals surface area contributed by atoms with Gasteiger partial charge in [-0.15, -0.1) is 0 Å². The Bertz CT molecular complexity index is 1320. The molecule has 3 aliphatic carbocycles. The van der Waals surface area contributed by atoms with Crippen LogP contribution in [-0.4, -0.2) is 17.5 Å². The molecule has 4 heteroatoms. The maximum atomic E-state index is 14.0. The van der Waals surface area contributed by atoms with Crippen molar-refractivity contribution in [2.45, 2.75) is 66.2 Å². The summed E-state index contributed by atoms with van der Waals surface area (Å²) in [5, 5.41) is 10.4. The van der Waals surface area contributed by atoms with Crippen LogP contribution in [0.2, 0.25) is 0 Å². The molecular weight excluding hydrogens is 502 g/mol. The molecule has 2 fully saturated rings. The minimum atomic E-state index is -0.300. The Morgan fingerprint density at radius 1 is 0.850 bits per heavy atom. The lowest BCUT2D eigenvalue weighted by atomic mass is 9.60. The predicted molar refractivity (Wildman–Crippen MR) is 158 cm³/mol. The van der Waals surface area contributed by atoms with Gasteiger partial charge in [-0.05, 0) is 114 Å². The van der Waals surface area contributed by atoms with Crippen molar-refractivity contribution in [1.82, 2.24) is 0 Å². The van der Waals surface area contributed by atoms with Crippen LogP contribution in [0.15, 0.2) is 71.3 Å². The standard InChI is InChI=1S/C36H42F2O2/c1-35(2)21-31(36(3,4)32(35)22-39)33(25-6-5-7-25)26-12-13-27(18-23-8-14-29(37)15-9-23)34(40)28(20-26)19-24-10-16-30(38)17-11-24/h8-11,14-19,21,25-26,32-33,39H,5-7,12-13,20,22H2,1-4H3/b27-18+,28-19+. The van der Waals surface area contributed by atoms with Crippen LogP contribution in [0.1, 0.15) is 77.3 Å². The Morgan fingerprint density at radius 3 is 1.88 bits per heavy atom. The molecule has 2 aromatic carbocycles. The summed E-state index contributed by atoms with van der Waals surface area (Å²) in [5.74, 6) is 0.767. The number of allylic oxidation sites excluding steroid dienone is 4. The van der Waals surface area contributed by atoms with E-state index in [1.54, 1.807) is 24.3 Å². The summed E-state index contributed by atoms with van der Waals surface area (Å²) in [5.41, 5.74) is 4.33. The summed E-state index contributed by atoms with van der Waals surface area (Å²) in [4.78, 5) is 14.0. The van der Waals surface area contributed by atoms with E-state index in [1.165, 1.54) is 49.1 Å². The summed E-state index contributed by atoms with van der Waals surface area (Å²) in [6.07, 6.45) is 12.1. The van der Waals surface area contributed by atoms with Gasteiger partial charge in [0.05, 0.1) is 0 Å². The molecule has 0 heterocycles. The topological polar surface area (TPSA) is 37.3 Å². The second-order valence-corrected chi connectivity index (χ2v) is 13.4. The van der Waals surface area contributed by atoms with E-state index in [-0.39, 0.29) is 46.7 Å². The molecule has 0 bridgehead atoms. The first-order chi connectivity index (χ1) is 19.0. The molecule has 2 aromatic rings. The molecule has 5 rings (SSSR count). The van der Waals surface area contributed by atoms with E-state index in [2.05, 4.69) is 33.8 Å². The van der Waals surface area contributed by atoms with Gasteiger partial charge in [0.15, 0.2) is 5.78 Å². The molecule has 0 spiro atoms. The van der Waals surface area contributed by atoms with E-state index in [0.29, 0.717) is 24.7 Å². The third kappa shape index (κ3) is 5.65. The monoisotopic (exact) mass is 544 g/mol. The number of hydrogen-bond donors (Lipinski definition) is 1. The number of hydrogen-bond acceptors (Lipinski definition) is 2. The highest BCUT2D eigenvalue weighted by Gasteiger charge is 2.52. The molecule has 40 heavy (non-hydrogen) atoms. The number of rotatable bonds is 6. The Balaban J connectivity index is 1.57. The number of ketones is 1. The molecule has 3 atom stereocenters. The van der Waals surface area contributed by atoms with Crippen LogP contribution < -0.4 is 0 Å². The van der Waals surface area contributed by atoms with Crippen molar-refractivity contribution in [1.29, 1.82) is 0 Å². The Kier molecular flexibility index (Phi) is 8.03. The summed E-state index contributed by atoms with van der Waals surface area (Å²) in [7, 11) is 0. The van der Waals surface area contributed by atoms with Crippen molar-refractivity contribution in [3.05, 3.63) is 94.1 Å².